The first-order valence-corrected chi connectivity index (χ1v) is 11.0. The molecule has 0 aliphatic heterocycles. The van der Waals surface area contributed by atoms with Gasteiger partial charge in [0.05, 0.1) is 11.1 Å². The van der Waals surface area contributed by atoms with Crippen LogP contribution in [0.25, 0.3) is 10.9 Å². The minimum Gasteiger partial charge on any atom is -0.493 e. The van der Waals surface area contributed by atoms with Crippen LogP contribution in [-0.2, 0) is 16.1 Å². The average molecular weight is 555 g/mol. The third kappa shape index (κ3) is 5.75. The highest BCUT2D eigenvalue weighted by Gasteiger charge is 2.12. The monoisotopic (exact) mass is 555 g/mol. The topological polar surface area (TPSA) is 113 Å². The van der Waals surface area contributed by atoms with Crippen molar-refractivity contribution in [2.75, 3.05) is 6.61 Å². The Morgan fingerprint density at radius 1 is 1.00 bits per heavy atom. The fourth-order valence-electron chi connectivity index (χ4n) is 3.01. The van der Waals surface area contributed by atoms with E-state index in [1.165, 1.54) is 0 Å². The number of esters is 1. The van der Waals surface area contributed by atoms with Gasteiger partial charge in [-0.1, -0.05) is 30.3 Å². The molecule has 1 amide bonds. The Morgan fingerprint density at radius 3 is 2.52 bits per heavy atom. The van der Waals surface area contributed by atoms with E-state index in [-0.39, 0.29) is 24.8 Å². The summed E-state index contributed by atoms with van der Waals surface area (Å²) >= 11 is 2.15. The van der Waals surface area contributed by atoms with Crippen molar-refractivity contribution in [3.8, 4) is 11.6 Å². The van der Waals surface area contributed by atoms with E-state index in [1.807, 2.05) is 48.5 Å². The molecule has 0 unspecified atom stereocenters. The van der Waals surface area contributed by atoms with E-state index in [4.69, 9.17) is 9.47 Å². The molecule has 0 aliphatic carbocycles. The van der Waals surface area contributed by atoms with Gasteiger partial charge in [-0.3, -0.25) is 4.79 Å². The van der Waals surface area contributed by atoms with Gasteiger partial charge in [-0.05, 0) is 70.6 Å². The lowest BCUT2D eigenvalue weighted by atomic mass is 10.2. The Hall–Kier alpha value is -3.73. The lowest BCUT2D eigenvalue weighted by Gasteiger charge is -2.06. The highest BCUT2D eigenvalue weighted by molar-refractivity contribution is 14.1. The quantitative estimate of drug-likeness (QED) is 0.177. The van der Waals surface area contributed by atoms with Crippen LogP contribution in [0.2, 0.25) is 0 Å². The maximum Gasteiger partial charge on any atom is 0.338 e. The molecular formula is C24H18IN3O5. The number of fused-ring (bicyclic) bond motifs is 1. The minimum absolute atomic E-state index is 0.167. The van der Waals surface area contributed by atoms with Gasteiger partial charge in [0, 0.05) is 8.96 Å². The second-order valence-corrected chi connectivity index (χ2v) is 8.23. The number of hydrogen-bond acceptors (Lipinski definition) is 6. The first-order valence-electron chi connectivity index (χ1n) is 9.88. The van der Waals surface area contributed by atoms with Crippen molar-refractivity contribution >= 4 is 51.1 Å². The fourth-order valence-corrected chi connectivity index (χ4v) is 3.50. The van der Waals surface area contributed by atoms with E-state index in [1.54, 1.807) is 24.3 Å². The number of aromatic hydroxyl groups is 1. The van der Waals surface area contributed by atoms with Crippen molar-refractivity contribution in [1.29, 1.82) is 0 Å². The van der Waals surface area contributed by atoms with Gasteiger partial charge >= 0.3 is 11.9 Å². The summed E-state index contributed by atoms with van der Waals surface area (Å²) < 4.78 is 11.7. The Labute approximate surface area is 202 Å². The van der Waals surface area contributed by atoms with Crippen LogP contribution in [0.1, 0.15) is 15.9 Å². The molecule has 1 aromatic heterocycles. The fraction of sp³-hybridized carbons (Fsp3) is 0.0833. The number of amides is 1. The van der Waals surface area contributed by atoms with Crippen LogP contribution in [0.15, 0.2) is 83.0 Å². The standard InChI is InChI=1S/C24H18IN3O5/c25-17-8-11-20-19(12-17)22(23(30)26-20)28-27-21(29)14-32-18-9-6-16(7-10-18)24(31)33-13-15-4-2-1-3-5-15/h1-12,26,30H,13-14H2. The van der Waals surface area contributed by atoms with Crippen molar-refractivity contribution in [1.82, 2.24) is 4.98 Å². The zero-order valence-corrected chi connectivity index (χ0v) is 19.4. The Kier molecular flexibility index (Phi) is 6.98. The zero-order valence-electron chi connectivity index (χ0n) is 17.2. The molecule has 33 heavy (non-hydrogen) atoms. The predicted molar refractivity (Wildman–Crippen MR) is 130 cm³/mol. The maximum atomic E-state index is 12.2. The van der Waals surface area contributed by atoms with Crippen molar-refractivity contribution in [2.45, 2.75) is 6.61 Å². The summed E-state index contributed by atoms with van der Waals surface area (Å²) in [6.07, 6.45) is 0. The molecular weight excluding hydrogens is 537 g/mol. The SMILES string of the molecule is O=C(COc1ccc(C(=O)OCc2ccccc2)cc1)N=Nc1c(O)[nH]c2ccc(I)cc12. The van der Waals surface area contributed by atoms with Crippen LogP contribution in [0.3, 0.4) is 0 Å². The van der Waals surface area contributed by atoms with Crippen LogP contribution in [0.5, 0.6) is 11.6 Å². The molecule has 0 saturated carbocycles. The van der Waals surface area contributed by atoms with Crippen LogP contribution in [0.4, 0.5) is 5.69 Å². The van der Waals surface area contributed by atoms with E-state index < -0.39 is 11.9 Å². The van der Waals surface area contributed by atoms with E-state index in [0.29, 0.717) is 22.2 Å². The number of rotatable bonds is 7. The second kappa shape index (κ2) is 10.3. The van der Waals surface area contributed by atoms with E-state index >= 15 is 0 Å². The van der Waals surface area contributed by atoms with Crippen molar-refractivity contribution in [3.05, 3.63) is 87.5 Å². The number of benzene rings is 3. The van der Waals surface area contributed by atoms with Gasteiger partial charge in [0.15, 0.2) is 12.3 Å². The Bertz CT molecular complexity index is 1320. The molecule has 0 aliphatic rings. The number of H-pyrrole nitrogens is 1. The molecule has 0 saturated heterocycles. The average Bonchev–Trinajstić information content (AvgIpc) is 3.15. The molecule has 4 aromatic rings. The van der Waals surface area contributed by atoms with Crippen molar-refractivity contribution in [2.24, 2.45) is 10.2 Å². The third-order valence-electron chi connectivity index (χ3n) is 4.64. The molecule has 2 N–H and O–H groups in total. The van der Waals surface area contributed by atoms with Gasteiger partial charge in [0.2, 0.25) is 5.88 Å². The molecule has 3 aromatic carbocycles. The van der Waals surface area contributed by atoms with Gasteiger partial charge in [-0.2, -0.15) is 0 Å². The molecule has 9 heteroatoms. The number of carbonyl (C=O) groups is 2. The molecule has 0 bridgehead atoms. The van der Waals surface area contributed by atoms with Crippen molar-refractivity contribution < 1.29 is 24.2 Å². The number of halogens is 1. The van der Waals surface area contributed by atoms with E-state index in [0.717, 1.165) is 9.13 Å². The lowest BCUT2D eigenvalue weighted by molar-refractivity contribution is -0.120. The van der Waals surface area contributed by atoms with Gasteiger partial charge in [-0.25, -0.2) is 4.79 Å². The summed E-state index contributed by atoms with van der Waals surface area (Å²) in [6.45, 7) is -0.162. The molecule has 0 radical (unpaired) electrons. The summed E-state index contributed by atoms with van der Waals surface area (Å²) in [4.78, 5) is 27.0. The predicted octanol–water partition coefficient (Wildman–Crippen LogP) is 5.52. The minimum atomic E-state index is -0.624. The summed E-state index contributed by atoms with van der Waals surface area (Å²) in [6, 6.07) is 21.2. The number of carbonyl (C=O) groups excluding carboxylic acids is 2. The molecule has 0 fully saturated rings. The number of azo groups is 1. The molecule has 166 valence electrons. The van der Waals surface area contributed by atoms with Crippen LogP contribution in [0, 0.1) is 3.57 Å². The Morgan fingerprint density at radius 2 is 1.76 bits per heavy atom. The Balaban J connectivity index is 1.31. The van der Waals surface area contributed by atoms with E-state index in [9.17, 15) is 14.7 Å². The molecule has 8 nitrogen and oxygen atoms in total. The normalized spacial score (nSPS) is 11.1. The van der Waals surface area contributed by atoms with Gasteiger partial charge in [0.1, 0.15) is 12.4 Å². The first kappa shape index (κ1) is 22.5. The van der Waals surface area contributed by atoms with Crippen LogP contribution < -0.4 is 4.74 Å². The van der Waals surface area contributed by atoms with Gasteiger partial charge < -0.3 is 19.6 Å². The number of ether oxygens (including phenoxy) is 2. The number of nitrogens with zero attached hydrogens (tertiary/aromatic N) is 2. The van der Waals surface area contributed by atoms with Crippen LogP contribution >= 0.6 is 22.6 Å². The summed E-state index contributed by atoms with van der Waals surface area (Å²) in [5, 5.41) is 18.2. The highest BCUT2D eigenvalue weighted by Crippen LogP contribution is 2.36. The summed E-state index contributed by atoms with van der Waals surface area (Å²) in [5.41, 5.74) is 2.14. The smallest absolute Gasteiger partial charge is 0.338 e. The number of aromatic nitrogens is 1. The first-order chi connectivity index (χ1) is 16.0. The lowest BCUT2D eigenvalue weighted by Crippen LogP contribution is -2.08. The van der Waals surface area contributed by atoms with Gasteiger partial charge in [-0.15, -0.1) is 10.2 Å². The zero-order chi connectivity index (χ0) is 23.2. The molecule has 4 rings (SSSR count). The van der Waals surface area contributed by atoms with E-state index in [2.05, 4.69) is 37.8 Å². The summed E-state index contributed by atoms with van der Waals surface area (Å²) in [5.74, 6) is -0.855. The summed E-state index contributed by atoms with van der Waals surface area (Å²) in [7, 11) is 0. The second-order valence-electron chi connectivity index (χ2n) is 6.98. The molecule has 0 spiro atoms. The maximum absolute atomic E-state index is 12.2. The largest absolute Gasteiger partial charge is 0.493 e. The van der Waals surface area contributed by atoms with Crippen molar-refractivity contribution in [3.63, 3.8) is 0 Å². The highest BCUT2D eigenvalue weighted by atomic mass is 127. The number of nitrogens with one attached hydrogen (secondary N) is 1. The number of hydrogen-bond donors (Lipinski definition) is 2. The third-order valence-corrected chi connectivity index (χ3v) is 5.31. The van der Waals surface area contributed by atoms with Crippen LogP contribution in [-0.4, -0.2) is 28.6 Å². The van der Waals surface area contributed by atoms with Gasteiger partial charge in [0.25, 0.3) is 0 Å². The number of aromatic amines is 1. The molecule has 1 heterocycles. The molecule has 0 atom stereocenters.